The Morgan fingerprint density at radius 3 is 2.70 bits per heavy atom. The van der Waals surface area contributed by atoms with E-state index in [1.807, 2.05) is 0 Å². The van der Waals surface area contributed by atoms with Crippen LogP contribution >= 0.6 is 11.6 Å². The zero-order valence-corrected chi connectivity index (χ0v) is 11.5. The average molecular weight is 294 g/mol. The van der Waals surface area contributed by atoms with Gasteiger partial charge in [-0.05, 0) is 19.1 Å². The lowest BCUT2D eigenvalue weighted by Gasteiger charge is -2.18. The Morgan fingerprint density at radius 1 is 1.45 bits per heavy atom. The van der Waals surface area contributed by atoms with E-state index in [2.05, 4.69) is 0 Å². The molecule has 0 bridgehead atoms. The number of carbonyl (C=O) groups is 1. The largest absolute Gasteiger partial charge is 0.365 e. The number of nitrogens with two attached hydrogens (primary N) is 1. The van der Waals surface area contributed by atoms with Crippen LogP contribution in [0.4, 0.5) is 4.39 Å². The van der Waals surface area contributed by atoms with Gasteiger partial charge in [0.1, 0.15) is 11.3 Å². The fourth-order valence-electron chi connectivity index (χ4n) is 2.04. The topological polar surface area (TPSA) is 71.9 Å². The van der Waals surface area contributed by atoms with Gasteiger partial charge in [-0.15, -0.1) is 0 Å². The Balaban J connectivity index is 2.62. The molecule has 0 saturated carbocycles. The van der Waals surface area contributed by atoms with Crippen molar-refractivity contribution in [1.82, 2.24) is 4.57 Å². The summed E-state index contributed by atoms with van der Waals surface area (Å²) in [7, 11) is 0. The van der Waals surface area contributed by atoms with Crippen molar-refractivity contribution in [3.8, 4) is 0 Å². The van der Waals surface area contributed by atoms with Gasteiger partial charge in [0.25, 0.3) is 5.91 Å². The summed E-state index contributed by atoms with van der Waals surface area (Å²) in [5.41, 5.74) is 5.52. The Kier molecular flexibility index (Phi) is 3.90. The van der Waals surface area contributed by atoms with E-state index < -0.39 is 11.9 Å². The third kappa shape index (κ3) is 2.58. The number of pyridine rings is 1. The maximum Gasteiger partial charge on any atom is 0.252 e. The SMILES string of the molecule is C[C@H](c1ccccc1F)n1cc(Cl)cc(C(N)=O)c1=N. The van der Waals surface area contributed by atoms with Crippen LogP contribution in [0, 0.1) is 11.2 Å². The third-order valence-electron chi connectivity index (χ3n) is 3.10. The normalized spacial score (nSPS) is 12.2. The van der Waals surface area contributed by atoms with Crippen LogP contribution in [-0.2, 0) is 0 Å². The highest BCUT2D eigenvalue weighted by Crippen LogP contribution is 2.21. The summed E-state index contributed by atoms with van der Waals surface area (Å²) in [5, 5.41) is 8.27. The van der Waals surface area contributed by atoms with Gasteiger partial charge in [0.05, 0.1) is 16.6 Å². The number of hydrogen-bond donors (Lipinski definition) is 2. The number of nitrogens with zero attached hydrogens (tertiary/aromatic N) is 1. The van der Waals surface area contributed by atoms with E-state index in [9.17, 15) is 9.18 Å². The molecule has 0 radical (unpaired) electrons. The second-order valence-corrected chi connectivity index (χ2v) is 4.83. The van der Waals surface area contributed by atoms with Gasteiger partial charge in [-0.3, -0.25) is 10.2 Å². The molecule has 1 aromatic carbocycles. The molecule has 0 aliphatic heterocycles. The van der Waals surface area contributed by atoms with Crippen molar-refractivity contribution >= 4 is 17.5 Å². The summed E-state index contributed by atoms with van der Waals surface area (Å²) in [5.74, 6) is -1.13. The number of rotatable bonds is 3. The van der Waals surface area contributed by atoms with Crippen LogP contribution in [0.3, 0.4) is 0 Å². The summed E-state index contributed by atoms with van der Waals surface area (Å²) in [6.45, 7) is 1.72. The van der Waals surface area contributed by atoms with Gasteiger partial charge in [-0.25, -0.2) is 4.39 Å². The predicted molar refractivity (Wildman–Crippen MR) is 74.0 cm³/mol. The predicted octanol–water partition coefficient (Wildman–Crippen LogP) is 2.47. The van der Waals surface area contributed by atoms with E-state index in [1.54, 1.807) is 25.1 Å². The molecule has 2 aromatic rings. The molecule has 0 aliphatic carbocycles. The molecule has 0 fully saturated rings. The molecular formula is C14H13ClFN3O. The van der Waals surface area contributed by atoms with Gasteiger partial charge >= 0.3 is 0 Å². The Morgan fingerprint density at radius 2 is 2.10 bits per heavy atom. The van der Waals surface area contributed by atoms with Crippen LogP contribution in [-0.4, -0.2) is 10.5 Å². The first kappa shape index (κ1) is 14.3. The lowest BCUT2D eigenvalue weighted by Crippen LogP contribution is -2.31. The van der Waals surface area contributed by atoms with Crippen LogP contribution in [0.25, 0.3) is 0 Å². The summed E-state index contributed by atoms with van der Waals surface area (Å²) in [6.07, 6.45) is 1.48. The van der Waals surface area contributed by atoms with Crippen LogP contribution in [0.2, 0.25) is 5.02 Å². The van der Waals surface area contributed by atoms with Gasteiger partial charge in [0, 0.05) is 11.8 Å². The number of primary amides is 1. The lowest BCUT2D eigenvalue weighted by molar-refractivity contribution is 0.0997. The molecule has 6 heteroatoms. The molecule has 1 atom stereocenters. The van der Waals surface area contributed by atoms with Crippen molar-refractivity contribution in [2.45, 2.75) is 13.0 Å². The van der Waals surface area contributed by atoms with Crippen molar-refractivity contribution < 1.29 is 9.18 Å². The molecule has 1 aromatic heterocycles. The van der Waals surface area contributed by atoms with Gasteiger partial charge in [-0.2, -0.15) is 0 Å². The van der Waals surface area contributed by atoms with Crippen molar-refractivity contribution in [2.75, 3.05) is 0 Å². The molecule has 20 heavy (non-hydrogen) atoms. The van der Waals surface area contributed by atoms with Crippen molar-refractivity contribution in [3.05, 3.63) is 64.0 Å². The van der Waals surface area contributed by atoms with E-state index in [0.29, 0.717) is 5.56 Å². The monoisotopic (exact) mass is 293 g/mol. The number of hydrogen-bond acceptors (Lipinski definition) is 2. The molecule has 104 valence electrons. The second-order valence-electron chi connectivity index (χ2n) is 4.39. The molecule has 0 unspecified atom stereocenters. The Bertz CT molecular complexity index is 727. The maximum absolute atomic E-state index is 13.8. The van der Waals surface area contributed by atoms with E-state index in [-0.39, 0.29) is 21.9 Å². The van der Waals surface area contributed by atoms with Crippen molar-refractivity contribution in [2.24, 2.45) is 5.73 Å². The average Bonchev–Trinajstić information content (AvgIpc) is 2.40. The molecular weight excluding hydrogens is 281 g/mol. The second kappa shape index (κ2) is 5.46. The number of halogens is 2. The number of benzene rings is 1. The highest BCUT2D eigenvalue weighted by Gasteiger charge is 2.16. The number of aromatic nitrogens is 1. The molecule has 0 saturated heterocycles. The number of nitrogens with one attached hydrogen (secondary N) is 1. The van der Waals surface area contributed by atoms with E-state index in [4.69, 9.17) is 22.7 Å². The highest BCUT2D eigenvalue weighted by molar-refractivity contribution is 6.30. The third-order valence-corrected chi connectivity index (χ3v) is 3.30. The minimum absolute atomic E-state index is 0.000638. The van der Waals surface area contributed by atoms with Crippen LogP contribution < -0.4 is 11.2 Å². The van der Waals surface area contributed by atoms with Gasteiger partial charge < -0.3 is 10.3 Å². The molecule has 1 amide bonds. The van der Waals surface area contributed by atoms with Crippen LogP contribution in [0.5, 0.6) is 0 Å². The molecule has 4 nitrogen and oxygen atoms in total. The van der Waals surface area contributed by atoms with E-state index >= 15 is 0 Å². The molecule has 1 heterocycles. The lowest BCUT2D eigenvalue weighted by atomic mass is 10.1. The van der Waals surface area contributed by atoms with E-state index in [0.717, 1.165) is 0 Å². The molecule has 0 aliphatic rings. The molecule has 2 rings (SSSR count). The van der Waals surface area contributed by atoms with Crippen LogP contribution in [0.15, 0.2) is 36.5 Å². The quantitative estimate of drug-likeness (QED) is 0.896. The minimum atomic E-state index is -0.744. The number of amides is 1. The minimum Gasteiger partial charge on any atom is -0.365 e. The Hall–Kier alpha value is -2.14. The Labute approximate surface area is 120 Å². The summed E-state index contributed by atoms with van der Waals surface area (Å²) < 4.78 is 15.2. The molecule has 3 N–H and O–H groups in total. The van der Waals surface area contributed by atoms with E-state index in [1.165, 1.54) is 22.9 Å². The first-order valence-electron chi connectivity index (χ1n) is 5.92. The number of carbonyl (C=O) groups excluding carboxylic acids is 1. The summed E-state index contributed by atoms with van der Waals surface area (Å²) >= 11 is 5.93. The first-order chi connectivity index (χ1) is 9.41. The fraction of sp³-hybridized carbons (Fsp3) is 0.143. The van der Waals surface area contributed by atoms with Gasteiger partial charge in [-0.1, -0.05) is 29.8 Å². The van der Waals surface area contributed by atoms with Crippen LogP contribution in [0.1, 0.15) is 28.9 Å². The summed E-state index contributed by atoms with van der Waals surface area (Å²) in [4.78, 5) is 11.3. The van der Waals surface area contributed by atoms with Crippen molar-refractivity contribution in [3.63, 3.8) is 0 Å². The standard InChI is InChI=1S/C14H13ClFN3O/c1-8(10-4-2-3-5-12(10)16)19-7-9(15)6-11(13(19)17)14(18)20/h2-8,17H,1H3,(H2,18,20)/t8-/m1/s1. The first-order valence-corrected chi connectivity index (χ1v) is 6.30. The maximum atomic E-state index is 13.8. The van der Waals surface area contributed by atoms with Gasteiger partial charge in [0.2, 0.25) is 0 Å². The zero-order chi connectivity index (χ0) is 14.9. The fourth-order valence-corrected chi connectivity index (χ4v) is 2.25. The smallest absolute Gasteiger partial charge is 0.252 e. The highest BCUT2D eigenvalue weighted by atomic mass is 35.5. The van der Waals surface area contributed by atoms with Crippen molar-refractivity contribution in [1.29, 1.82) is 5.41 Å². The molecule has 0 spiro atoms. The summed E-state index contributed by atoms with van der Waals surface area (Å²) in [6, 6.07) is 7.10. The van der Waals surface area contributed by atoms with Gasteiger partial charge in [0.15, 0.2) is 0 Å². The zero-order valence-electron chi connectivity index (χ0n) is 10.7.